The number of rotatable bonds is 3. The summed E-state index contributed by atoms with van der Waals surface area (Å²) >= 11 is 0. The van der Waals surface area contributed by atoms with E-state index in [1.807, 2.05) is 56.3 Å². The molecule has 2 aromatic rings. The zero-order valence-electron chi connectivity index (χ0n) is 13.4. The summed E-state index contributed by atoms with van der Waals surface area (Å²) in [6.45, 7) is 4.44. The van der Waals surface area contributed by atoms with E-state index in [2.05, 4.69) is 5.32 Å². The monoisotopic (exact) mass is 308 g/mol. The van der Waals surface area contributed by atoms with Gasteiger partial charge in [-0.3, -0.25) is 9.59 Å². The summed E-state index contributed by atoms with van der Waals surface area (Å²) in [5, 5.41) is 2.98. The third-order valence-electron chi connectivity index (χ3n) is 4.20. The van der Waals surface area contributed by atoms with Gasteiger partial charge in [0.25, 0.3) is 5.91 Å². The SMILES string of the molecule is Cc1ccc(N2C[C@H](NC(=O)c3ccccc3C)CC2=O)cc1. The Balaban J connectivity index is 1.69. The van der Waals surface area contributed by atoms with Gasteiger partial charge in [-0.15, -0.1) is 0 Å². The minimum Gasteiger partial charge on any atom is -0.347 e. The van der Waals surface area contributed by atoms with Gasteiger partial charge in [-0.1, -0.05) is 35.9 Å². The number of carbonyl (C=O) groups excluding carboxylic acids is 2. The Morgan fingerprint density at radius 3 is 2.48 bits per heavy atom. The van der Waals surface area contributed by atoms with Crippen LogP contribution >= 0.6 is 0 Å². The summed E-state index contributed by atoms with van der Waals surface area (Å²) in [7, 11) is 0. The standard InChI is InChI=1S/C19H20N2O2/c1-13-7-9-16(10-8-13)21-12-15(11-18(21)22)20-19(23)17-6-4-3-5-14(17)2/h3-10,15H,11-12H2,1-2H3,(H,20,23)/t15-/m1/s1. The van der Waals surface area contributed by atoms with Gasteiger partial charge in [0.2, 0.25) is 5.91 Å². The molecule has 0 unspecified atom stereocenters. The average Bonchev–Trinajstić information content (AvgIpc) is 2.89. The zero-order valence-corrected chi connectivity index (χ0v) is 13.4. The van der Waals surface area contributed by atoms with E-state index < -0.39 is 0 Å². The highest BCUT2D eigenvalue weighted by molar-refractivity contribution is 5.99. The van der Waals surface area contributed by atoms with Crippen molar-refractivity contribution >= 4 is 17.5 Å². The van der Waals surface area contributed by atoms with E-state index in [4.69, 9.17) is 0 Å². The van der Waals surface area contributed by atoms with E-state index in [0.29, 0.717) is 18.5 Å². The molecule has 1 N–H and O–H groups in total. The summed E-state index contributed by atoms with van der Waals surface area (Å²) < 4.78 is 0. The summed E-state index contributed by atoms with van der Waals surface area (Å²) in [5.74, 6) is -0.0735. The van der Waals surface area contributed by atoms with Crippen molar-refractivity contribution in [3.8, 4) is 0 Å². The predicted molar refractivity (Wildman–Crippen MR) is 90.6 cm³/mol. The molecule has 23 heavy (non-hydrogen) atoms. The Morgan fingerprint density at radius 1 is 1.09 bits per heavy atom. The quantitative estimate of drug-likeness (QED) is 0.948. The number of nitrogens with one attached hydrogen (secondary N) is 1. The Hall–Kier alpha value is -2.62. The van der Waals surface area contributed by atoms with Gasteiger partial charge in [-0.05, 0) is 37.6 Å². The van der Waals surface area contributed by atoms with Crippen LogP contribution in [0.2, 0.25) is 0 Å². The highest BCUT2D eigenvalue weighted by atomic mass is 16.2. The van der Waals surface area contributed by atoms with E-state index >= 15 is 0 Å². The summed E-state index contributed by atoms with van der Waals surface area (Å²) in [6.07, 6.45) is 0.339. The highest BCUT2D eigenvalue weighted by Crippen LogP contribution is 2.22. The molecule has 1 aliphatic rings. The van der Waals surface area contributed by atoms with E-state index in [1.165, 1.54) is 0 Å². The van der Waals surface area contributed by atoms with Crippen LogP contribution in [0, 0.1) is 13.8 Å². The lowest BCUT2D eigenvalue weighted by molar-refractivity contribution is -0.117. The zero-order chi connectivity index (χ0) is 16.4. The van der Waals surface area contributed by atoms with Gasteiger partial charge in [0, 0.05) is 24.2 Å². The smallest absolute Gasteiger partial charge is 0.251 e. The molecule has 0 bridgehead atoms. The van der Waals surface area contributed by atoms with Crippen molar-refractivity contribution in [2.45, 2.75) is 26.3 Å². The fraction of sp³-hybridized carbons (Fsp3) is 0.263. The van der Waals surface area contributed by atoms with Gasteiger partial charge in [-0.25, -0.2) is 0 Å². The molecule has 0 spiro atoms. The predicted octanol–water partition coefficient (Wildman–Crippen LogP) is 2.84. The third kappa shape index (κ3) is 3.26. The number of benzene rings is 2. The van der Waals surface area contributed by atoms with Crippen molar-refractivity contribution in [2.24, 2.45) is 0 Å². The largest absolute Gasteiger partial charge is 0.347 e. The van der Waals surface area contributed by atoms with Crippen LogP contribution in [0.15, 0.2) is 48.5 Å². The minimum atomic E-state index is -0.157. The van der Waals surface area contributed by atoms with E-state index in [0.717, 1.165) is 16.8 Å². The first-order valence-corrected chi connectivity index (χ1v) is 7.78. The second-order valence-electron chi connectivity index (χ2n) is 6.03. The second-order valence-corrected chi connectivity index (χ2v) is 6.03. The maximum atomic E-state index is 12.4. The second kappa shape index (κ2) is 6.24. The molecular weight excluding hydrogens is 288 g/mol. The van der Waals surface area contributed by atoms with Crippen LogP contribution < -0.4 is 10.2 Å². The molecule has 0 aliphatic carbocycles. The molecule has 4 heteroatoms. The van der Waals surface area contributed by atoms with Crippen molar-refractivity contribution in [3.05, 3.63) is 65.2 Å². The van der Waals surface area contributed by atoms with E-state index in [-0.39, 0.29) is 17.9 Å². The Morgan fingerprint density at radius 2 is 1.78 bits per heavy atom. The number of anilines is 1. The van der Waals surface area contributed by atoms with Crippen molar-refractivity contribution in [1.82, 2.24) is 5.32 Å². The molecular formula is C19H20N2O2. The van der Waals surface area contributed by atoms with Crippen molar-refractivity contribution in [3.63, 3.8) is 0 Å². The fourth-order valence-electron chi connectivity index (χ4n) is 2.87. The molecule has 1 fully saturated rings. The fourth-order valence-corrected chi connectivity index (χ4v) is 2.87. The number of carbonyl (C=O) groups is 2. The van der Waals surface area contributed by atoms with Gasteiger partial charge in [-0.2, -0.15) is 0 Å². The summed E-state index contributed by atoms with van der Waals surface area (Å²) in [5.41, 5.74) is 3.64. The van der Waals surface area contributed by atoms with Gasteiger partial charge in [0.15, 0.2) is 0 Å². The topological polar surface area (TPSA) is 49.4 Å². The summed E-state index contributed by atoms with van der Waals surface area (Å²) in [4.78, 5) is 26.3. The van der Waals surface area contributed by atoms with E-state index in [9.17, 15) is 9.59 Å². The molecule has 1 atom stereocenters. The van der Waals surface area contributed by atoms with Crippen molar-refractivity contribution in [1.29, 1.82) is 0 Å². The lowest BCUT2D eigenvalue weighted by Crippen LogP contribution is -2.37. The van der Waals surface area contributed by atoms with Crippen LogP contribution in [0.5, 0.6) is 0 Å². The molecule has 1 saturated heterocycles. The number of hydrogen-bond donors (Lipinski definition) is 1. The molecule has 4 nitrogen and oxygen atoms in total. The van der Waals surface area contributed by atoms with Crippen LogP contribution in [0.25, 0.3) is 0 Å². The number of hydrogen-bond acceptors (Lipinski definition) is 2. The summed E-state index contributed by atoms with van der Waals surface area (Å²) in [6, 6.07) is 15.2. The molecule has 0 aromatic heterocycles. The number of amides is 2. The van der Waals surface area contributed by atoms with Gasteiger partial charge >= 0.3 is 0 Å². The van der Waals surface area contributed by atoms with Gasteiger partial charge in [0.05, 0.1) is 6.04 Å². The molecule has 0 saturated carbocycles. The molecule has 1 heterocycles. The van der Waals surface area contributed by atoms with Crippen LogP contribution in [0.4, 0.5) is 5.69 Å². The number of aryl methyl sites for hydroxylation is 2. The van der Waals surface area contributed by atoms with Gasteiger partial charge in [0.1, 0.15) is 0 Å². The normalized spacial score (nSPS) is 17.4. The van der Waals surface area contributed by atoms with Gasteiger partial charge < -0.3 is 10.2 Å². The van der Waals surface area contributed by atoms with Crippen molar-refractivity contribution in [2.75, 3.05) is 11.4 Å². The van der Waals surface area contributed by atoms with Crippen LogP contribution in [0.1, 0.15) is 27.9 Å². The van der Waals surface area contributed by atoms with Crippen LogP contribution in [-0.2, 0) is 4.79 Å². The highest BCUT2D eigenvalue weighted by Gasteiger charge is 2.31. The molecule has 2 aromatic carbocycles. The number of nitrogens with zero attached hydrogens (tertiary/aromatic N) is 1. The maximum Gasteiger partial charge on any atom is 0.251 e. The first-order chi connectivity index (χ1) is 11.0. The molecule has 118 valence electrons. The molecule has 2 amide bonds. The Kier molecular flexibility index (Phi) is 4.15. The van der Waals surface area contributed by atoms with Crippen LogP contribution in [0.3, 0.4) is 0 Å². The molecule has 0 radical (unpaired) electrons. The molecule has 3 rings (SSSR count). The van der Waals surface area contributed by atoms with Crippen molar-refractivity contribution < 1.29 is 9.59 Å². The first-order valence-electron chi connectivity index (χ1n) is 7.78. The Labute approximate surface area is 136 Å². The lowest BCUT2D eigenvalue weighted by Gasteiger charge is -2.17. The Bertz CT molecular complexity index is 737. The average molecular weight is 308 g/mol. The maximum absolute atomic E-state index is 12.4. The third-order valence-corrected chi connectivity index (χ3v) is 4.20. The lowest BCUT2D eigenvalue weighted by atomic mass is 10.1. The first kappa shape index (κ1) is 15.3. The minimum absolute atomic E-state index is 0.0453. The van der Waals surface area contributed by atoms with E-state index in [1.54, 1.807) is 11.0 Å². The van der Waals surface area contributed by atoms with Crippen LogP contribution in [-0.4, -0.2) is 24.4 Å². The molecule has 1 aliphatic heterocycles.